The summed E-state index contributed by atoms with van der Waals surface area (Å²) in [5.74, 6) is -0.609. The summed E-state index contributed by atoms with van der Waals surface area (Å²) in [6, 6.07) is 14.8. The van der Waals surface area contributed by atoms with E-state index in [0.29, 0.717) is 11.3 Å². The van der Waals surface area contributed by atoms with E-state index in [1.807, 2.05) is 6.07 Å². The van der Waals surface area contributed by atoms with Gasteiger partial charge < -0.3 is 10.1 Å². The number of nitrogens with zero attached hydrogens (tertiary/aromatic N) is 1. The highest BCUT2D eigenvalue weighted by Crippen LogP contribution is 2.33. The Balaban J connectivity index is 1.89. The van der Waals surface area contributed by atoms with Crippen LogP contribution in [0.4, 0.5) is 18.9 Å². The van der Waals surface area contributed by atoms with Gasteiger partial charge in [-0.05, 0) is 48.9 Å². The van der Waals surface area contributed by atoms with Gasteiger partial charge in [-0.15, -0.1) is 0 Å². The average molecular weight is 372 g/mol. The number of anilines is 1. The molecule has 7 heteroatoms. The predicted molar refractivity (Wildman–Crippen MR) is 94.9 cm³/mol. The van der Waals surface area contributed by atoms with Gasteiger partial charge >= 0.3 is 6.18 Å². The fraction of sp³-hybridized carbons (Fsp3) is 0.100. The molecular weight excluding hydrogens is 357 g/mol. The molecule has 0 spiro atoms. The average Bonchev–Trinajstić information content (AvgIpc) is 2.63. The van der Waals surface area contributed by atoms with Gasteiger partial charge in [-0.2, -0.15) is 13.2 Å². The number of nitrogens with one attached hydrogen (secondary N) is 1. The van der Waals surface area contributed by atoms with Crippen molar-refractivity contribution < 1.29 is 22.7 Å². The fourth-order valence-corrected chi connectivity index (χ4v) is 2.37. The van der Waals surface area contributed by atoms with Gasteiger partial charge in [-0.3, -0.25) is 4.79 Å². The molecule has 3 rings (SSSR count). The second-order valence-corrected chi connectivity index (χ2v) is 5.81. The van der Waals surface area contributed by atoms with Crippen LogP contribution in [0.15, 0.2) is 66.9 Å². The summed E-state index contributed by atoms with van der Waals surface area (Å²) in [7, 11) is 0. The Labute approximate surface area is 153 Å². The van der Waals surface area contributed by atoms with Gasteiger partial charge in [0.2, 0.25) is 5.88 Å². The van der Waals surface area contributed by atoms with E-state index in [-0.39, 0.29) is 17.2 Å². The molecular formula is C20H15F3N2O2. The van der Waals surface area contributed by atoms with Gasteiger partial charge in [0.15, 0.2) is 0 Å². The highest BCUT2D eigenvalue weighted by Gasteiger charge is 2.30. The molecule has 1 amide bonds. The first-order valence-electron chi connectivity index (χ1n) is 8.01. The lowest BCUT2D eigenvalue weighted by atomic mass is 10.2. The fourth-order valence-electron chi connectivity index (χ4n) is 2.37. The number of carbonyl (C=O) groups is 1. The standard InChI is InChI=1S/C20H15F3N2O2/c1-13-10-17(18(26)25-15-7-3-2-4-8-15)19(24-12-13)27-16-9-5-6-14(11-16)20(21,22)23/h2-12H,1H3,(H,25,26). The first kappa shape index (κ1) is 18.4. The number of pyridine rings is 1. The van der Waals surface area contributed by atoms with E-state index in [4.69, 9.17) is 4.74 Å². The van der Waals surface area contributed by atoms with Gasteiger partial charge in [0.05, 0.1) is 5.56 Å². The van der Waals surface area contributed by atoms with Crippen LogP contribution >= 0.6 is 0 Å². The lowest BCUT2D eigenvalue weighted by Crippen LogP contribution is -2.14. The van der Waals surface area contributed by atoms with Crippen molar-refractivity contribution in [3.63, 3.8) is 0 Å². The third-order valence-corrected chi connectivity index (χ3v) is 3.64. The number of para-hydroxylation sites is 1. The van der Waals surface area contributed by atoms with Crippen molar-refractivity contribution in [3.05, 3.63) is 83.6 Å². The molecule has 27 heavy (non-hydrogen) atoms. The molecule has 0 radical (unpaired) electrons. The normalized spacial score (nSPS) is 11.1. The second kappa shape index (κ2) is 7.49. The minimum absolute atomic E-state index is 0.0602. The van der Waals surface area contributed by atoms with Crippen molar-refractivity contribution in [1.82, 2.24) is 4.98 Å². The van der Waals surface area contributed by atoms with Crippen LogP contribution in [0.3, 0.4) is 0 Å². The third kappa shape index (κ3) is 4.63. The molecule has 0 bridgehead atoms. The molecule has 0 atom stereocenters. The monoisotopic (exact) mass is 372 g/mol. The molecule has 0 aliphatic carbocycles. The molecule has 2 aromatic carbocycles. The Kier molecular flexibility index (Phi) is 5.12. The lowest BCUT2D eigenvalue weighted by molar-refractivity contribution is -0.137. The van der Waals surface area contributed by atoms with Crippen LogP contribution < -0.4 is 10.1 Å². The maximum absolute atomic E-state index is 12.9. The zero-order chi connectivity index (χ0) is 19.4. The minimum Gasteiger partial charge on any atom is -0.438 e. The Morgan fingerprint density at radius 2 is 1.78 bits per heavy atom. The summed E-state index contributed by atoms with van der Waals surface area (Å²) in [6.07, 6.45) is -3.02. The number of benzene rings is 2. The summed E-state index contributed by atoms with van der Waals surface area (Å²) in [5.41, 5.74) is 0.567. The maximum Gasteiger partial charge on any atom is 0.416 e. The molecule has 0 aliphatic rings. The predicted octanol–water partition coefficient (Wildman–Crippen LogP) is 5.45. The Morgan fingerprint density at radius 3 is 2.48 bits per heavy atom. The molecule has 138 valence electrons. The number of halogens is 3. The van der Waals surface area contributed by atoms with Crippen LogP contribution in [-0.4, -0.2) is 10.9 Å². The number of amides is 1. The number of hydrogen-bond acceptors (Lipinski definition) is 3. The molecule has 4 nitrogen and oxygen atoms in total. The Morgan fingerprint density at radius 1 is 1.04 bits per heavy atom. The molecule has 1 heterocycles. The van der Waals surface area contributed by atoms with Crippen LogP contribution in [0.1, 0.15) is 21.5 Å². The quantitative estimate of drug-likeness (QED) is 0.662. The Bertz CT molecular complexity index is 957. The number of aryl methyl sites for hydroxylation is 1. The van der Waals surface area contributed by atoms with Crippen molar-refractivity contribution in [2.45, 2.75) is 13.1 Å². The second-order valence-electron chi connectivity index (χ2n) is 5.81. The van der Waals surface area contributed by atoms with Crippen molar-refractivity contribution >= 4 is 11.6 Å². The van der Waals surface area contributed by atoms with E-state index in [0.717, 1.165) is 12.1 Å². The molecule has 0 saturated carbocycles. The summed E-state index contributed by atoms with van der Waals surface area (Å²) in [4.78, 5) is 16.7. The minimum atomic E-state index is -4.49. The van der Waals surface area contributed by atoms with Crippen molar-refractivity contribution in [2.24, 2.45) is 0 Å². The van der Waals surface area contributed by atoms with Crippen LogP contribution in [0.5, 0.6) is 11.6 Å². The zero-order valence-corrected chi connectivity index (χ0v) is 14.2. The highest BCUT2D eigenvalue weighted by atomic mass is 19.4. The third-order valence-electron chi connectivity index (χ3n) is 3.64. The SMILES string of the molecule is Cc1cnc(Oc2cccc(C(F)(F)F)c2)c(C(=O)Nc2ccccc2)c1. The summed E-state index contributed by atoms with van der Waals surface area (Å²) < 4.78 is 44.1. The number of rotatable bonds is 4. The lowest BCUT2D eigenvalue weighted by Gasteiger charge is -2.13. The summed E-state index contributed by atoms with van der Waals surface area (Å²) >= 11 is 0. The molecule has 0 unspecified atom stereocenters. The first-order chi connectivity index (χ1) is 12.8. The maximum atomic E-state index is 12.9. The van der Waals surface area contributed by atoms with E-state index < -0.39 is 17.6 Å². The molecule has 1 N–H and O–H groups in total. The first-order valence-corrected chi connectivity index (χ1v) is 8.01. The van der Waals surface area contributed by atoms with Gasteiger partial charge in [0.25, 0.3) is 5.91 Å². The summed E-state index contributed by atoms with van der Waals surface area (Å²) in [6.45, 7) is 1.75. The van der Waals surface area contributed by atoms with Crippen LogP contribution in [0.25, 0.3) is 0 Å². The molecule has 1 aromatic heterocycles. The smallest absolute Gasteiger partial charge is 0.416 e. The zero-order valence-electron chi connectivity index (χ0n) is 14.2. The van der Waals surface area contributed by atoms with Gasteiger partial charge in [-0.1, -0.05) is 24.3 Å². The summed E-state index contributed by atoms with van der Waals surface area (Å²) in [5, 5.41) is 2.71. The van der Waals surface area contributed by atoms with Crippen LogP contribution in [0, 0.1) is 6.92 Å². The molecule has 0 saturated heterocycles. The van der Waals surface area contributed by atoms with Gasteiger partial charge in [0, 0.05) is 11.9 Å². The number of alkyl halides is 3. The number of aromatic nitrogens is 1. The van der Waals surface area contributed by atoms with Crippen molar-refractivity contribution in [1.29, 1.82) is 0 Å². The number of hydrogen-bond donors (Lipinski definition) is 1. The largest absolute Gasteiger partial charge is 0.438 e. The van der Waals surface area contributed by atoms with Gasteiger partial charge in [0.1, 0.15) is 11.3 Å². The van der Waals surface area contributed by atoms with Crippen LogP contribution in [0.2, 0.25) is 0 Å². The Hall–Kier alpha value is -3.35. The van der Waals surface area contributed by atoms with Gasteiger partial charge in [-0.25, -0.2) is 4.98 Å². The molecule has 0 fully saturated rings. The van der Waals surface area contributed by atoms with Crippen molar-refractivity contribution in [3.8, 4) is 11.6 Å². The van der Waals surface area contributed by atoms with Crippen molar-refractivity contribution in [2.75, 3.05) is 5.32 Å². The topological polar surface area (TPSA) is 51.2 Å². The van der Waals surface area contributed by atoms with E-state index in [1.54, 1.807) is 37.3 Å². The van der Waals surface area contributed by atoms with E-state index in [2.05, 4.69) is 10.3 Å². The van der Waals surface area contributed by atoms with Crippen LogP contribution in [-0.2, 0) is 6.18 Å². The van der Waals surface area contributed by atoms with E-state index >= 15 is 0 Å². The number of carbonyl (C=O) groups excluding carboxylic acids is 1. The molecule has 3 aromatic rings. The molecule has 0 aliphatic heterocycles. The van der Waals surface area contributed by atoms with E-state index in [9.17, 15) is 18.0 Å². The van der Waals surface area contributed by atoms with E-state index in [1.165, 1.54) is 18.3 Å². The highest BCUT2D eigenvalue weighted by molar-refractivity contribution is 6.06. The number of ether oxygens (including phenoxy) is 1.